The zero-order valence-electron chi connectivity index (χ0n) is 15.3. The van der Waals surface area contributed by atoms with Crippen molar-refractivity contribution >= 4 is 0 Å². The highest BCUT2D eigenvalue weighted by molar-refractivity contribution is 5.24. The number of allylic oxidation sites excluding steroid dienone is 5. The fourth-order valence-electron chi connectivity index (χ4n) is 4.55. The zero-order valence-corrected chi connectivity index (χ0v) is 15.3. The van der Waals surface area contributed by atoms with Crippen molar-refractivity contribution in [2.24, 2.45) is 17.3 Å². The van der Waals surface area contributed by atoms with E-state index in [0.717, 1.165) is 32.1 Å². The maximum Gasteiger partial charge on any atom is 0.0774 e. The van der Waals surface area contributed by atoms with Gasteiger partial charge in [0.15, 0.2) is 0 Å². The van der Waals surface area contributed by atoms with E-state index in [0.29, 0.717) is 11.8 Å². The summed E-state index contributed by atoms with van der Waals surface area (Å²) in [6.07, 6.45) is 16.9. The number of rotatable bonds is 5. The van der Waals surface area contributed by atoms with E-state index in [4.69, 9.17) is 0 Å². The van der Waals surface area contributed by atoms with Crippen LogP contribution < -0.4 is 0 Å². The smallest absolute Gasteiger partial charge is 0.0774 e. The summed E-state index contributed by atoms with van der Waals surface area (Å²) in [6.45, 7) is 8.24. The monoisotopic (exact) mass is 318 g/mol. The third kappa shape index (κ3) is 4.58. The Bertz CT molecular complexity index is 481. The Morgan fingerprint density at radius 1 is 1.35 bits per heavy atom. The molecule has 0 radical (unpaired) electrons. The molecular formula is C21H34O2. The van der Waals surface area contributed by atoms with Gasteiger partial charge in [0.2, 0.25) is 0 Å². The first-order valence-corrected chi connectivity index (χ1v) is 9.19. The number of hydrogen-bond acceptors (Lipinski definition) is 2. The molecule has 2 aliphatic carbocycles. The van der Waals surface area contributed by atoms with Crippen LogP contribution in [0.2, 0.25) is 0 Å². The molecule has 0 unspecified atom stereocenters. The summed E-state index contributed by atoms with van der Waals surface area (Å²) in [7, 11) is 0. The topological polar surface area (TPSA) is 40.5 Å². The first kappa shape index (κ1) is 18.5. The molecule has 0 saturated heterocycles. The van der Waals surface area contributed by atoms with Gasteiger partial charge in [0.25, 0.3) is 0 Å². The Morgan fingerprint density at radius 3 is 2.78 bits per heavy atom. The van der Waals surface area contributed by atoms with E-state index in [-0.39, 0.29) is 11.5 Å². The summed E-state index contributed by atoms with van der Waals surface area (Å²) in [5.41, 5.74) is 0.996. The fourth-order valence-corrected chi connectivity index (χ4v) is 4.55. The van der Waals surface area contributed by atoms with Gasteiger partial charge in [-0.3, -0.25) is 0 Å². The van der Waals surface area contributed by atoms with Crippen LogP contribution in [0.5, 0.6) is 0 Å². The van der Waals surface area contributed by atoms with Gasteiger partial charge in [-0.15, -0.1) is 0 Å². The van der Waals surface area contributed by atoms with Crippen molar-refractivity contribution in [3.63, 3.8) is 0 Å². The van der Waals surface area contributed by atoms with Crippen molar-refractivity contribution in [1.82, 2.24) is 0 Å². The zero-order chi connectivity index (χ0) is 17.1. The summed E-state index contributed by atoms with van der Waals surface area (Å²) in [5.74, 6) is 0.956. The van der Waals surface area contributed by atoms with Crippen molar-refractivity contribution < 1.29 is 10.2 Å². The van der Waals surface area contributed by atoms with E-state index < -0.39 is 5.60 Å². The highest BCUT2D eigenvalue weighted by Gasteiger charge is 2.46. The summed E-state index contributed by atoms with van der Waals surface area (Å²) in [6, 6.07) is 0. The average Bonchev–Trinajstić information content (AvgIpc) is 2.44. The molecule has 0 amide bonds. The standard InChI is InChI=1S/C21H34O2/c1-16(10-6-5-7-14-20(2,3)23)17-11-8-12-18-19(22)13-9-15-21(17,18)4/h5-7,11,14,16,18-19,22-23H,8-10,12-13,15H2,1-4H3/b6-5+,14-7+/t16-,18+,19+,21-/m1/s1. The largest absolute Gasteiger partial charge is 0.393 e. The lowest BCUT2D eigenvalue weighted by atomic mass is 9.56. The molecule has 4 atom stereocenters. The first-order chi connectivity index (χ1) is 10.7. The predicted octanol–water partition coefficient (Wildman–Crippen LogP) is 4.78. The number of fused-ring (bicyclic) bond motifs is 1. The van der Waals surface area contributed by atoms with E-state index in [1.54, 1.807) is 19.4 Å². The van der Waals surface area contributed by atoms with E-state index in [1.807, 2.05) is 18.2 Å². The lowest BCUT2D eigenvalue weighted by Crippen LogP contribution is -2.44. The third-order valence-electron chi connectivity index (χ3n) is 5.75. The molecule has 0 spiro atoms. The fraction of sp³-hybridized carbons (Fsp3) is 0.714. The molecule has 2 aliphatic rings. The SMILES string of the molecule is C[C@H](C/C=C/C=C/C(C)(C)O)C1=CCC[C@H]2[C@@H](O)CCC[C@]12C. The van der Waals surface area contributed by atoms with Crippen molar-refractivity contribution in [1.29, 1.82) is 0 Å². The number of aliphatic hydroxyl groups is 2. The normalized spacial score (nSPS) is 33.7. The van der Waals surface area contributed by atoms with Crippen LogP contribution in [-0.4, -0.2) is 21.9 Å². The van der Waals surface area contributed by atoms with Crippen molar-refractivity contribution in [3.05, 3.63) is 36.0 Å². The Balaban J connectivity index is 2.01. The van der Waals surface area contributed by atoms with Gasteiger partial charge >= 0.3 is 0 Å². The molecule has 1 saturated carbocycles. The van der Waals surface area contributed by atoms with Gasteiger partial charge in [-0.2, -0.15) is 0 Å². The van der Waals surface area contributed by atoms with Crippen molar-refractivity contribution in [2.45, 2.75) is 77.9 Å². The molecule has 0 bridgehead atoms. The highest BCUT2D eigenvalue weighted by Crippen LogP contribution is 2.53. The van der Waals surface area contributed by atoms with Crippen molar-refractivity contribution in [3.8, 4) is 0 Å². The Labute approximate surface area is 142 Å². The summed E-state index contributed by atoms with van der Waals surface area (Å²) in [5, 5.41) is 20.1. The Hall–Kier alpha value is -0.860. The quantitative estimate of drug-likeness (QED) is 0.565. The second kappa shape index (κ2) is 7.36. The molecule has 2 nitrogen and oxygen atoms in total. The van der Waals surface area contributed by atoms with Gasteiger partial charge in [-0.1, -0.05) is 49.8 Å². The minimum absolute atomic E-state index is 0.116. The van der Waals surface area contributed by atoms with E-state index in [9.17, 15) is 10.2 Å². The molecule has 0 aliphatic heterocycles. The highest BCUT2D eigenvalue weighted by atomic mass is 16.3. The van der Waals surface area contributed by atoms with E-state index in [2.05, 4.69) is 26.0 Å². The molecule has 2 rings (SSSR count). The van der Waals surface area contributed by atoms with Crippen LogP contribution in [-0.2, 0) is 0 Å². The summed E-state index contributed by atoms with van der Waals surface area (Å²) < 4.78 is 0. The lowest BCUT2D eigenvalue weighted by molar-refractivity contribution is -0.0128. The molecule has 1 fully saturated rings. The van der Waals surface area contributed by atoms with Crippen LogP contribution in [0, 0.1) is 17.3 Å². The van der Waals surface area contributed by atoms with Crippen LogP contribution in [0.1, 0.15) is 66.2 Å². The lowest BCUT2D eigenvalue weighted by Gasteiger charge is -2.50. The van der Waals surface area contributed by atoms with E-state index in [1.165, 1.54) is 6.42 Å². The second-order valence-electron chi connectivity index (χ2n) is 8.30. The van der Waals surface area contributed by atoms with Crippen LogP contribution in [0.3, 0.4) is 0 Å². The maximum atomic E-state index is 10.4. The molecule has 2 N–H and O–H groups in total. The molecule has 0 aromatic rings. The molecule has 0 aromatic carbocycles. The van der Waals surface area contributed by atoms with Gasteiger partial charge in [-0.05, 0) is 69.6 Å². The maximum absolute atomic E-state index is 10.4. The van der Waals surface area contributed by atoms with Crippen LogP contribution >= 0.6 is 0 Å². The van der Waals surface area contributed by atoms with Gasteiger partial charge in [0, 0.05) is 0 Å². The minimum Gasteiger partial charge on any atom is -0.393 e. The predicted molar refractivity (Wildman–Crippen MR) is 97.1 cm³/mol. The second-order valence-corrected chi connectivity index (χ2v) is 8.30. The van der Waals surface area contributed by atoms with Gasteiger partial charge in [0.05, 0.1) is 11.7 Å². The van der Waals surface area contributed by atoms with E-state index >= 15 is 0 Å². The molecule has 2 heteroatoms. The molecule has 23 heavy (non-hydrogen) atoms. The molecular weight excluding hydrogens is 284 g/mol. The molecule has 0 aromatic heterocycles. The Morgan fingerprint density at radius 2 is 2.09 bits per heavy atom. The van der Waals surface area contributed by atoms with Crippen LogP contribution in [0.25, 0.3) is 0 Å². The van der Waals surface area contributed by atoms with Crippen molar-refractivity contribution in [2.75, 3.05) is 0 Å². The summed E-state index contributed by atoms with van der Waals surface area (Å²) in [4.78, 5) is 0. The Kier molecular flexibility index (Phi) is 5.91. The van der Waals surface area contributed by atoms with Crippen LogP contribution in [0.15, 0.2) is 36.0 Å². The third-order valence-corrected chi connectivity index (χ3v) is 5.75. The van der Waals surface area contributed by atoms with Gasteiger partial charge in [0.1, 0.15) is 0 Å². The first-order valence-electron chi connectivity index (χ1n) is 9.19. The van der Waals surface area contributed by atoms with Crippen LogP contribution in [0.4, 0.5) is 0 Å². The van der Waals surface area contributed by atoms with Gasteiger partial charge < -0.3 is 10.2 Å². The summed E-state index contributed by atoms with van der Waals surface area (Å²) >= 11 is 0. The molecule has 0 heterocycles. The number of aliphatic hydroxyl groups excluding tert-OH is 1. The van der Waals surface area contributed by atoms with Gasteiger partial charge in [-0.25, -0.2) is 0 Å². The minimum atomic E-state index is -0.749. The molecule has 130 valence electrons. The number of hydrogen-bond donors (Lipinski definition) is 2. The average molecular weight is 319 g/mol.